The van der Waals surface area contributed by atoms with E-state index < -0.39 is 0 Å². The van der Waals surface area contributed by atoms with E-state index in [0.717, 1.165) is 5.69 Å². The molecule has 0 spiro atoms. The Labute approximate surface area is 128 Å². The van der Waals surface area contributed by atoms with Gasteiger partial charge in [-0.25, -0.2) is 4.39 Å². The van der Waals surface area contributed by atoms with Gasteiger partial charge in [0.1, 0.15) is 17.3 Å². The van der Waals surface area contributed by atoms with Crippen LogP contribution in [0.2, 0.25) is 5.02 Å². The quantitative estimate of drug-likeness (QED) is 0.870. The van der Waals surface area contributed by atoms with Crippen LogP contribution in [-0.4, -0.2) is 14.2 Å². The predicted octanol–water partition coefficient (Wildman–Crippen LogP) is 4.67. The van der Waals surface area contributed by atoms with Crippen molar-refractivity contribution in [3.8, 4) is 11.5 Å². The second-order valence-corrected chi connectivity index (χ2v) is 4.98. The number of halogens is 2. The first-order valence-electron chi connectivity index (χ1n) is 6.49. The van der Waals surface area contributed by atoms with Gasteiger partial charge in [-0.15, -0.1) is 0 Å². The van der Waals surface area contributed by atoms with Crippen LogP contribution in [0.25, 0.3) is 0 Å². The molecule has 1 atom stereocenters. The summed E-state index contributed by atoms with van der Waals surface area (Å²) in [7, 11) is 3.08. The maximum atomic E-state index is 14.0. The second-order valence-electron chi connectivity index (χ2n) is 4.57. The minimum Gasteiger partial charge on any atom is -0.496 e. The van der Waals surface area contributed by atoms with Gasteiger partial charge in [-0.1, -0.05) is 17.7 Å². The zero-order valence-corrected chi connectivity index (χ0v) is 12.9. The molecule has 0 bridgehead atoms. The highest BCUT2D eigenvalue weighted by Crippen LogP contribution is 2.32. The zero-order chi connectivity index (χ0) is 15.4. The van der Waals surface area contributed by atoms with Crippen LogP contribution in [0.1, 0.15) is 18.5 Å². The average molecular weight is 310 g/mol. The van der Waals surface area contributed by atoms with Crippen LogP contribution in [0.15, 0.2) is 36.4 Å². The molecular formula is C16H17ClFNO2. The summed E-state index contributed by atoms with van der Waals surface area (Å²) in [5.74, 6) is 0.793. The molecule has 0 amide bonds. The number of benzene rings is 2. The van der Waals surface area contributed by atoms with Gasteiger partial charge in [-0.3, -0.25) is 0 Å². The van der Waals surface area contributed by atoms with E-state index in [1.807, 2.05) is 13.0 Å². The van der Waals surface area contributed by atoms with Gasteiger partial charge < -0.3 is 14.8 Å². The molecule has 0 aromatic heterocycles. The van der Waals surface area contributed by atoms with Crippen molar-refractivity contribution in [1.29, 1.82) is 0 Å². The number of hydrogen-bond donors (Lipinski definition) is 1. The van der Waals surface area contributed by atoms with Crippen molar-refractivity contribution in [2.24, 2.45) is 0 Å². The van der Waals surface area contributed by atoms with Gasteiger partial charge in [0.05, 0.1) is 30.8 Å². The van der Waals surface area contributed by atoms with E-state index in [2.05, 4.69) is 5.32 Å². The molecule has 21 heavy (non-hydrogen) atoms. The lowest BCUT2D eigenvalue weighted by molar-refractivity contribution is 0.402. The molecule has 0 saturated carbocycles. The predicted molar refractivity (Wildman–Crippen MR) is 83.0 cm³/mol. The molecule has 5 heteroatoms. The fourth-order valence-corrected chi connectivity index (χ4v) is 2.45. The first kappa shape index (κ1) is 15.4. The van der Waals surface area contributed by atoms with Gasteiger partial charge in [-0.2, -0.15) is 0 Å². The summed E-state index contributed by atoms with van der Waals surface area (Å²) in [6, 6.07) is 9.82. The molecule has 0 heterocycles. The monoisotopic (exact) mass is 309 g/mol. The first-order chi connectivity index (χ1) is 10.1. The zero-order valence-electron chi connectivity index (χ0n) is 12.1. The fourth-order valence-electron chi connectivity index (χ4n) is 2.19. The number of anilines is 1. The molecule has 2 aromatic carbocycles. The van der Waals surface area contributed by atoms with E-state index in [4.69, 9.17) is 21.1 Å². The smallest absolute Gasteiger partial charge is 0.137 e. The Hall–Kier alpha value is -1.94. The molecule has 0 fully saturated rings. The Morgan fingerprint density at radius 3 is 2.43 bits per heavy atom. The van der Waals surface area contributed by atoms with Crippen LogP contribution < -0.4 is 14.8 Å². The molecule has 3 nitrogen and oxygen atoms in total. The van der Waals surface area contributed by atoms with Crippen molar-refractivity contribution in [2.75, 3.05) is 19.5 Å². The average Bonchev–Trinajstić information content (AvgIpc) is 2.46. The summed E-state index contributed by atoms with van der Waals surface area (Å²) in [5, 5.41) is 3.70. The lowest BCUT2D eigenvalue weighted by Crippen LogP contribution is -2.10. The van der Waals surface area contributed by atoms with Crippen LogP contribution in [0.4, 0.5) is 10.1 Å². The molecule has 112 valence electrons. The van der Waals surface area contributed by atoms with E-state index in [1.165, 1.54) is 13.2 Å². The lowest BCUT2D eigenvalue weighted by atomic mass is 10.1. The Morgan fingerprint density at radius 1 is 1.10 bits per heavy atom. The third-order valence-electron chi connectivity index (χ3n) is 3.20. The van der Waals surface area contributed by atoms with Crippen LogP contribution in [0.5, 0.6) is 11.5 Å². The Morgan fingerprint density at radius 2 is 1.81 bits per heavy atom. The maximum Gasteiger partial charge on any atom is 0.137 e. The van der Waals surface area contributed by atoms with Gasteiger partial charge in [0, 0.05) is 5.69 Å². The largest absolute Gasteiger partial charge is 0.496 e. The maximum absolute atomic E-state index is 14.0. The summed E-state index contributed by atoms with van der Waals surface area (Å²) < 4.78 is 24.3. The molecule has 2 aromatic rings. The van der Waals surface area contributed by atoms with Crippen LogP contribution in [0.3, 0.4) is 0 Å². The molecule has 2 rings (SSSR count). The minimum absolute atomic E-state index is 0.273. The summed E-state index contributed by atoms with van der Waals surface area (Å²) in [6.45, 7) is 1.86. The molecule has 0 aliphatic carbocycles. The number of hydrogen-bond acceptors (Lipinski definition) is 3. The SMILES string of the molecule is COc1ccc(NC(C)c2c(F)cccc2OC)cc1Cl. The van der Waals surface area contributed by atoms with Crippen molar-refractivity contribution in [3.63, 3.8) is 0 Å². The van der Waals surface area contributed by atoms with Crippen molar-refractivity contribution in [2.45, 2.75) is 13.0 Å². The summed E-state index contributed by atoms with van der Waals surface area (Å²) in [5.41, 5.74) is 1.26. The fraction of sp³-hybridized carbons (Fsp3) is 0.250. The van der Waals surface area contributed by atoms with Gasteiger partial charge in [0.25, 0.3) is 0 Å². The summed E-state index contributed by atoms with van der Waals surface area (Å²) >= 11 is 6.09. The Bertz CT molecular complexity index is 634. The van der Waals surface area contributed by atoms with Crippen LogP contribution in [-0.2, 0) is 0 Å². The van der Waals surface area contributed by atoms with Crippen molar-refractivity contribution < 1.29 is 13.9 Å². The number of ether oxygens (including phenoxy) is 2. The highest BCUT2D eigenvalue weighted by Gasteiger charge is 2.16. The van der Waals surface area contributed by atoms with Crippen molar-refractivity contribution in [1.82, 2.24) is 0 Å². The standard InChI is InChI=1S/C16H17ClFNO2/c1-10(16-13(18)5-4-6-15(16)21-3)19-11-7-8-14(20-2)12(17)9-11/h4-10,19H,1-3H3. The highest BCUT2D eigenvalue weighted by molar-refractivity contribution is 6.32. The Balaban J connectivity index is 2.26. The molecule has 1 unspecified atom stereocenters. The minimum atomic E-state index is -0.311. The van der Waals surface area contributed by atoms with Gasteiger partial charge in [0.15, 0.2) is 0 Å². The topological polar surface area (TPSA) is 30.5 Å². The summed E-state index contributed by atoms with van der Waals surface area (Å²) in [6.07, 6.45) is 0. The molecule has 0 saturated heterocycles. The number of rotatable bonds is 5. The van der Waals surface area contributed by atoms with E-state index in [9.17, 15) is 4.39 Å². The van der Waals surface area contributed by atoms with Crippen molar-refractivity contribution >= 4 is 17.3 Å². The van der Waals surface area contributed by atoms with Gasteiger partial charge in [-0.05, 0) is 37.3 Å². The normalized spacial score (nSPS) is 11.9. The Kier molecular flexibility index (Phi) is 4.91. The lowest BCUT2D eigenvalue weighted by Gasteiger charge is -2.19. The van der Waals surface area contributed by atoms with E-state index in [1.54, 1.807) is 31.4 Å². The number of methoxy groups -OCH3 is 2. The van der Waals surface area contributed by atoms with Crippen LogP contribution >= 0.6 is 11.6 Å². The summed E-state index contributed by atoms with van der Waals surface area (Å²) in [4.78, 5) is 0. The van der Waals surface area contributed by atoms with E-state index in [0.29, 0.717) is 22.1 Å². The van der Waals surface area contributed by atoms with Gasteiger partial charge >= 0.3 is 0 Å². The van der Waals surface area contributed by atoms with E-state index >= 15 is 0 Å². The van der Waals surface area contributed by atoms with Crippen molar-refractivity contribution in [3.05, 3.63) is 52.8 Å². The molecule has 1 N–H and O–H groups in total. The molecule has 0 aliphatic rings. The van der Waals surface area contributed by atoms with Crippen LogP contribution in [0, 0.1) is 5.82 Å². The highest BCUT2D eigenvalue weighted by atomic mass is 35.5. The molecule has 0 aliphatic heterocycles. The third kappa shape index (κ3) is 3.39. The molecule has 0 radical (unpaired) electrons. The van der Waals surface area contributed by atoms with E-state index in [-0.39, 0.29) is 11.9 Å². The second kappa shape index (κ2) is 6.68. The first-order valence-corrected chi connectivity index (χ1v) is 6.87. The van der Waals surface area contributed by atoms with Gasteiger partial charge in [0.2, 0.25) is 0 Å². The molecular weight excluding hydrogens is 293 g/mol. The third-order valence-corrected chi connectivity index (χ3v) is 3.50. The number of nitrogens with one attached hydrogen (secondary N) is 1.